The number of imidazole rings is 1. The van der Waals surface area contributed by atoms with Crippen molar-refractivity contribution in [1.29, 1.82) is 0 Å². The number of aromatic nitrogens is 2. The van der Waals surface area contributed by atoms with Crippen molar-refractivity contribution >= 4 is 22.6 Å². The summed E-state index contributed by atoms with van der Waals surface area (Å²) in [6, 6.07) is 11.3. The summed E-state index contributed by atoms with van der Waals surface area (Å²) in [7, 11) is 3.44. The number of fused-ring (bicyclic) bond motifs is 1. The van der Waals surface area contributed by atoms with Crippen LogP contribution in [0.3, 0.4) is 0 Å². The number of anilines is 1. The molecule has 1 N–H and O–H groups in total. The Balaban J connectivity index is 1.79. The molecule has 0 fully saturated rings. The first-order valence-electron chi connectivity index (χ1n) is 8.48. The average molecular weight is 353 g/mol. The zero-order chi connectivity index (χ0) is 19.0. The number of amides is 1. The monoisotopic (exact) mass is 353 g/mol. The number of nitrogens with one attached hydrogen (secondary N) is 1. The second-order valence-electron chi connectivity index (χ2n) is 6.62. The molecular formula is C20H23N3O3. The van der Waals surface area contributed by atoms with Crippen molar-refractivity contribution in [2.75, 3.05) is 5.32 Å². The molecule has 0 aliphatic carbocycles. The van der Waals surface area contributed by atoms with Crippen LogP contribution in [0.25, 0.3) is 11.0 Å². The Morgan fingerprint density at radius 2 is 1.73 bits per heavy atom. The van der Waals surface area contributed by atoms with Gasteiger partial charge in [0.25, 0.3) is 5.91 Å². The lowest BCUT2D eigenvalue weighted by atomic mass is 10.1. The molecular weight excluding hydrogens is 330 g/mol. The predicted octanol–water partition coefficient (Wildman–Crippen LogP) is 2.90. The molecule has 2 aromatic carbocycles. The second kappa shape index (κ2) is 6.71. The summed E-state index contributed by atoms with van der Waals surface area (Å²) in [6.45, 7) is 5.65. The lowest BCUT2D eigenvalue weighted by Crippen LogP contribution is -2.30. The number of hydrogen-bond donors (Lipinski definition) is 1. The molecule has 1 atom stereocenters. The zero-order valence-corrected chi connectivity index (χ0v) is 15.7. The van der Waals surface area contributed by atoms with Crippen LogP contribution < -0.4 is 15.7 Å². The molecule has 0 aliphatic rings. The summed E-state index contributed by atoms with van der Waals surface area (Å²) in [5, 5.41) is 2.86. The van der Waals surface area contributed by atoms with Crippen molar-refractivity contribution in [2.24, 2.45) is 14.1 Å². The molecule has 1 heterocycles. The third-order valence-corrected chi connectivity index (χ3v) is 4.56. The van der Waals surface area contributed by atoms with E-state index in [2.05, 4.69) is 5.32 Å². The summed E-state index contributed by atoms with van der Waals surface area (Å²) < 4.78 is 8.96. The van der Waals surface area contributed by atoms with E-state index >= 15 is 0 Å². The van der Waals surface area contributed by atoms with Crippen molar-refractivity contribution in [2.45, 2.75) is 26.9 Å². The number of ether oxygens (including phenoxy) is 1. The molecule has 1 aromatic heterocycles. The highest BCUT2D eigenvalue weighted by Crippen LogP contribution is 2.22. The van der Waals surface area contributed by atoms with E-state index in [-0.39, 0.29) is 11.6 Å². The van der Waals surface area contributed by atoms with Crippen molar-refractivity contribution in [3.05, 3.63) is 58.0 Å². The highest BCUT2D eigenvalue weighted by Gasteiger charge is 2.17. The Kier molecular flexibility index (Phi) is 4.59. The number of aryl methyl sites for hydroxylation is 4. The van der Waals surface area contributed by atoms with E-state index in [1.807, 2.05) is 38.1 Å². The number of hydrogen-bond acceptors (Lipinski definition) is 3. The Labute approximate surface area is 152 Å². The van der Waals surface area contributed by atoms with Crippen LogP contribution in [0.15, 0.2) is 41.2 Å². The minimum Gasteiger partial charge on any atom is -0.481 e. The first kappa shape index (κ1) is 17.8. The van der Waals surface area contributed by atoms with Gasteiger partial charge in [-0.2, -0.15) is 0 Å². The highest BCUT2D eigenvalue weighted by atomic mass is 16.5. The maximum Gasteiger partial charge on any atom is 0.328 e. The van der Waals surface area contributed by atoms with E-state index in [0.717, 1.165) is 22.2 Å². The van der Waals surface area contributed by atoms with E-state index in [1.54, 1.807) is 42.3 Å². The summed E-state index contributed by atoms with van der Waals surface area (Å²) in [6.07, 6.45) is -0.647. The fraction of sp³-hybridized carbons (Fsp3) is 0.300. The van der Waals surface area contributed by atoms with Crippen molar-refractivity contribution in [3.63, 3.8) is 0 Å². The van der Waals surface area contributed by atoms with Crippen LogP contribution >= 0.6 is 0 Å². The van der Waals surface area contributed by atoms with E-state index in [0.29, 0.717) is 11.4 Å². The number of carbonyl (C=O) groups excluding carboxylic acids is 1. The van der Waals surface area contributed by atoms with E-state index in [9.17, 15) is 9.59 Å². The van der Waals surface area contributed by atoms with Gasteiger partial charge in [-0.25, -0.2) is 4.79 Å². The van der Waals surface area contributed by atoms with Gasteiger partial charge in [-0.05, 0) is 56.2 Å². The molecule has 0 unspecified atom stereocenters. The number of nitrogens with zero attached hydrogens (tertiary/aromatic N) is 2. The fourth-order valence-corrected chi connectivity index (χ4v) is 2.91. The minimum absolute atomic E-state index is 0.102. The standard InChI is InChI=1S/C20H23N3O3/c1-12-6-7-13(2)18(10-12)26-14(3)19(24)21-15-8-9-16-17(11-15)23(5)20(25)22(16)4/h6-11,14H,1-5H3,(H,21,24)/t14-/m0/s1. The molecule has 0 aliphatic heterocycles. The van der Waals surface area contributed by atoms with Crippen LogP contribution in [-0.4, -0.2) is 21.1 Å². The number of benzene rings is 2. The normalized spacial score (nSPS) is 12.2. The SMILES string of the molecule is Cc1ccc(C)c(O[C@@H](C)C(=O)Nc2ccc3c(c2)n(C)c(=O)n3C)c1. The van der Waals surface area contributed by atoms with Crippen molar-refractivity contribution < 1.29 is 9.53 Å². The quantitative estimate of drug-likeness (QED) is 0.784. The molecule has 26 heavy (non-hydrogen) atoms. The summed E-state index contributed by atoms with van der Waals surface area (Å²) >= 11 is 0. The fourth-order valence-electron chi connectivity index (χ4n) is 2.91. The third kappa shape index (κ3) is 3.22. The second-order valence-corrected chi connectivity index (χ2v) is 6.62. The molecule has 0 radical (unpaired) electrons. The van der Waals surface area contributed by atoms with Crippen molar-refractivity contribution in [3.8, 4) is 5.75 Å². The summed E-state index contributed by atoms with van der Waals surface area (Å²) in [5.41, 5.74) is 4.16. The molecule has 3 aromatic rings. The molecule has 3 rings (SSSR count). The first-order valence-corrected chi connectivity index (χ1v) is 8.48. The molecule has 0 spiro atoms. The number of rotatable bonds is 4. The predicted molar refractivity (Wildman–Crippen MR) is 103 cm³/mol. The number of carbonyl (C=O) groups is 1. The Morgan fingerprint density at radius 3 is 2.46 bits per heavy atom. The van der Waals surface area contributed by atoms with Crippen LogP contribution in [0, 0.1) is 13.8 Å². The molecule has 6 nitrogen and oxygen atoms in total. The van der Waals surface area contributed by atoms with Crippen LogP contribution in [0.5, 0.6) is 5.75 Å². The average Bonchev–Trinajstić information content (AvgIpc) is 2.82. The van der Waals surface area contributed by atoms with Gasteiger partial charge in [0.05, 0.1) is 11.0 Å². The summed E-state index contributed by atoms with van der Waals surface area (Å²) in [4.78, 5) is 24.5. The zero-order valence-electron chi connectivity index (χ0n) is 15.7. The van der Waals surface area contributed by atoms with Crippen LogP contribution in [0.2, 0.25) is 0 Å². The van der Waals surface area contributed by atoms with Gasteiger partial charge in [0.1, 0.15) is 5.75 Å². The van der Waals surface area contributed by atoms with Crippen molar-refractivity contribution in [1.82, 2.24) is 9.13 Å². The van der Waals surface area contributed by atoms with Gasteiger partial charge in [0.2, 0.25) is 0 Å². The maximum atomic E-state index is 12.5. The van der Waals surface area contributed by atoms with Gasteiger partial charge in [-0.15, -0.1) is 0 Å². The van der Waals surface area contributed by atoms with Gasteiger partial charge in [-0.1, -0.05) is 12.1 Å². The van der Waals surface area contributed by atoms with E-state index < -0.39 is 6.10 Å². The maximum absolute atomic E-state index is 12.5. The molecule has 6 heteroatoms. The lowest BCUT2D eigenvalue weighted by Gasteiger charge is -2.17. The molecule has 0 saturated heterocycles. The minimum atomic E-state index is -0.647. The van der Waals surface area contributed by atoms with E-state index in [1.165, 1.54) is 0 Å². The molecule has 0 saturated carbocycles. The molecule has 1 amide bonds. The Hall–Kier alpha value is -3.02. The van der Waals surface area contributed by atoms with E-state index in [4.69, 9.17) is 4.74 Å². The van der Waals surface area contributed by atoms with Gasteiger partial charge >= 0.3 is 5.69 Å². The Bertz CT molecular complexity index is 1050. The van der Waals surface area contributed by atoms with Crippen LogP contribution in [-0.2, 0) is 18.9 Å². The lowest BCUT2D eigenvalue weighted by molar-refractivity contribution is -0.122. The largest absolute Gasteiger partial charge is 0.481 e. The summed E-state index contributed by atoms with van der Waals surface area (Å²) in [5.74, 6) is 0.458. The van der Waals surface area contributed by atoms with Gasteiger partial charge < -0.3 is 10.1 Å². The first-order chi connectivity index (χ1) is 12.3. The molecule has 136 valence electrons. The third-order valence-electron chi connectivity index (χ3n) is 4.56. The Morgan fingerprint density at radius 1 is 1.04 bits per heavy atom. The van der Waals surface area contributed by atoms with Gasteiger partial charge in [0.15, 0.2) is 6.10 Å². The highest BCUT2D eigenvalue weighted by molar-refractivity contribution is 5.96. The topological polar surface area (TPSA) is 65.3 Å². The molecule has 0 bridgehead atoms. The van der Waals surface area contributed by atoms with Crippen LogP contribution in [0.1, 0.15) is 18.1 Å². The smallest absolute Gasteiger partial charge is 0.328 e. The van der Waals surface area contributed by atoms with Gasteiger partial charge in [-0.3, -0.25) is 13.9 Å². The van der Waals surface area contributed by atoms with Gasteiger partial charge in [0, 0.05) is 19.8 Å². The van der Waals surface area contributed by atoms with Crippen LogP contribution in [0.4, 0.5) is 5.69 Å².